The molecule has 0 spiro atoms. The van der Waals surface area contributed by atoms with Gasteiger partial charge in [-0.2, -0.15) is 0 Å². The number of hydrogen-bond donors (Lipinski definition) is 4. The molecule has 88 valence electrons. The van der Waals surface area contributed by atoms with Crippen LogP contribution in [0.4, 0.5) is 4.79 Å². The van der Waals surface area contributed by atoms with Crippen LogP contribution in [0.2, 0.25) is 0 Å². The highest BCUT2D eigenvalue weighted by molar-refractivity contribution is 5.71. The van der Waals surface area contributed by atoms with Crippen LogP contribution in [-0.2, 0) is 0 Å². The molecule has 0 bridgehead atoms. The van der Waals surface area contributed by atoms with E-state index in [2.05, 4.69) is 5.32 Å². The van der Waals surface area contributed by atoms with Crippen LogP contribution in [0.15, 0.2) is 0 Å². The minimum absolute atomic E-state index is 0.498. The van der Waals surface area contributed by atoms with Crippen LogP contribution in [0.25, 0.3) is 0 Å². The summed E-state index contributed by atoms with van der Waals surface area (Å²) in [6.07, 6.45) is 0.535. The van der Waals surface area contributed by atoms with E-state index in [-0.39, 0.29) is 0 Å². The molecule has 6 heteroatoms. The van der Waals surface area contributed by atoms with Crippen molar-refractivity contribution < 1.29 is 15.0 Å². The van der Waals surface area contributed by atoms with Crippen LogP contribution >= 0.6 is 0 Å². The fraction of sp³-hybridized carbons (Fsp3) is 0.889. The van der Waals surface area contributed by atoms with Gasteiger partial charge in [-0.05, 0) is 19.4 Å². The van der Waals surface area contributed by atoms with Crippen LogP contribution in [-0.4, -0.2) is 59.5 Å². The third kappa shape index (κ3) is 4.46. The first-order valence-corrected chi connectivity index (χ1v) is 5.21. The van der Waals surface area contributed by atoms with Crippen molar-refractivity contribution in [1.29, 1.82) is 0 Å². The summed E-state index contributed by atoms with van der Waals surface area (Å²) in [6.45, 7) is 2.47. The van der Waals surface area contributed by atoms with Crippen molar-refractivity contribution in [2.24, 2.45) is 5.73 Å². The van der Waals surface area contributed by atoms with Crippen molar-refractivity contribution in [2.45, 2.75) is 25.0 Å². The average molecular weight is 217 g/mol. The van der Waals surface area contributed by atoms with Gasteiger partial charge in [0.2, 0.25) is 0 Å². The number of rotatable bonds is 5. The van der Waals surface area contributed by atoms with Gasteiger partial charge in [-0.15, -0.1) is 0 Å². The van der Waals surface area contributed by atoms with Gasteiger partial charge in [-0.25, -0.2) is 4.79 Å². The number of nitrogens with one attached hydrogen (secondary N) is 1. The Morgan fingerprint density at radius 2 is 1.93 bits per heavy atom. The van der Waals surface area contributed by atoms with Gasteiger partial charge in [0.25, 0.3) is 0 Å². The van der Waals surface area contributed by atoms with Crippen LogP contribution in [0.3, 0.4) is 0 Å². The molecule has 2 amide bonds. The maximum atomic E-state index is 10.3. The third-order valence-corrected chi connectivity index (χ3v) is 2.54. The molecule has 1 heterocycles. The molecular weight excluding hydrogens is 198 g/mol. The number of hydrogen-bond acceptors (Lipinski definition) is 4. The molecule has 1 aliphatic rings. The van der Waals surface area contributed by atoms with Gasteiger partial charge in [0.15, 0.2) is 0 Å². The Balaban J connectivity index is 1.99. The van der Waals surface area contributed by atoms with E-state index in [1.54, 1.807) is 0 Å². The number of aliphatic hydroxyl groups is 2. The van der Waals surface area contributed by atoms with E-state index in [0.717, 1.165) is 19.4 Å². The topological polar surface area (TPSA) is 98.8 Å². The van der Waals surface area contributed by atoms with Gasteiger partial charge in [0.1, 0.15) is 0 Å². The van der Waals surface area contributed by atoms with Gasteiger partial charge in [-0.1, -0.05) is 0 Å². The standard InChI is InChI=1S/C9H19N3O3/c10-9(15)11-3-1-2-4-12-5-7(13)8(14)6-12/h7-8,13-14H,1-6H2,(H3,10,11,15). The Kier molecular flexibility index (Phi) is 4.80. The van der Waals surface area contributed by atoms with E-state index in [1.165, 1.54) is 0 Å². The number of β-amino-alcohol motifs (C(OH)–C–C–N with tert-alkyl or cyclic N) is 2. The smallest absolute Gasteiger partial charge is 0.312 e. The van der Waals surface area contributed by atoms with E-state index in [4.69, 9.17) is 5.73 Å². The molecule has 0 aromatic rings. The number of primary amides is 1. The number of nitrogens with two attached hydrogens (primary N) is 1. The molecule has 0 aromatic heterocycles. The molecule has 1 aliphatic heterocycles. The van der Waals surface area contributed by atoms with Crippen molar-refractivity contribution in [2.75, 3.05) is 26.2 Å². The van der Waals surface area contributed by atoms with Gasteiger partial charge in [0.05, 0.1) is 12.2 Å². The maximum absolute atomic E-state index is 10.3. The van der Waals surface area contributed by atoms with E-state index >= 15 is 0 Å². The first kappa shape index (κ1) is 12.2. The lowest BCUT2D eigenvalue weighted by molar-refractivity contribution is 0.0572. The van der Waals surface area contributed by atoms with Crippen LogP contribution < -0.4 is 11.1 Å². The van der Waals surface area contributed by atoms with Crippen molar-refractivity contribution in [3.05, 3.63) is 0 Å². The number of likely N-dealkylation sites (tertiary alicyclic amines) is 1. The minimum Gasteiger partial charge on any atom is -0.389 e. The summed E-state index contributed by atoms with van der Waals surface area (Å²) in [4.78, 5) is 12.4. The summed E-state index contributed by atoms with van der Waals surface area (Å²) in [5.41, 5.74) is 4.91. The fourth-order valence-corrected chi connectivity index (χ4v) is 1.70. The average Bonchev–Trinajstić information content (AvgIpc) is 2.45. The summed E-state index contributed by atoms with van der Waals surface area (Å²) in [5, 5.41) is 21.1. The second kappa shape index (κ2) is 5.89. The van der Waals surface area contributed by atoms with Crippen LogP contribution in [0, 0.1) is 0 Å². The second-order valence-corrected chi connectivity index (χ2v) is 3.89. The molecule has 1 saturated heterocycles. The third-order valence-electron chi connectivity index (χ3n) is 2.54. The number of urea groups is 1. The summed E-state index contributed by atoms with van der Waals surface area (Å²) < 4.78 is 0. The molecule has 15 heavy (non-hydrogen) atoms. The zero-order valence-electron chi connectivity index (χ0n) is 8.72. The summed E-state index contributed by atoms with van der Waals surface area (Å²) in [5.74, 6) is 0. The lowest BCUT2D eigenvalue weighted by Gasteiger charge is -2.13. The fourth-order valence-electron chi connectivity index (χ4n) is 1.70. The lowest BCUT2D eigenvalue weighted by atomic mass is 10.3. The van der Waals surface area contributed by atoms with Crippen molar-refractivity contribution in [3.8, 4) is 0 Å². The van der Waals surface area contributed by atoms with E-state index in [1.807, 2.05) is 4.90 Å². The molecule has 0 radical (unpaired) electrons. The Labute approximate surface area is 89.1 Å². The highest BCUT2D eigenvalue weighted by atomic mass is 16.3. The molecule has 0 aromatic carbocycles. The van der Waals surface area contributed by atoms with Crippen molar-refractivity contribution in [1.82, 2.24) is 10.2 Å². The first-order valence-electron chi connectivity index (χ1n) is 5.21. The molecule has 2 unspecified atom stereocenters. The molecule has 1 fully saturated rings. The van der Waals surface area contributed by atoms with Gasteiger partial charge in [-0.3, -0.25) is 4.90 Å². The van der Waals surface area contributed by atoms with Crippen LogP contribution in [0.1, 0.15) is 12.8 Å². The van der Waals surface area contributed by atoms with Crippen molar-refractivity contribution >= 4 is 6.03 Å². The predicted octanol–water partition coefficient (Wildman–Crippen LogP) is -1.53. The molecule has 1 rings (SSSR count). The molecule has 6 nitrogen and oxygen atoms in total. The minimum atomic E-state index is -0.617. The Hall–Kier alpha value is -0.850. The summed E-state index contributed by atoms with van der Waals surface area (Å²) >= 11 is 0. The van der Waals surface area contributed by atoms with E-state index < -0.39 is 18.2 Å². The number of aliphatic hydroxyl groups excluding tert-OH is 2. The zero-order chi connectivity index (χ0) is 11.3. The van der Waals surface area contributed by atoms with E-state index in [0.29, 0.717) is 19.6 Å². The lowest BCUT2D eigenvalue weighted by Crippen LogP contribution is -2.30. The number of amides is 2. The summed E-state index contributed by atoms with van der Waals surface area (Å²) in [6, 6.07) is -0.498. The van der Waals surface area contributed by atoms with Gasteiger partial charge < -0.3 is 21.3 Å². The van der Waals surface area contributed by atoms with Gasteiger partial charge in [0, 0.05) is 19.6 Å². The molecule has 0 saturated carbocycles. The van der Waals surface area contributed by atoms with Crippen LogP contribution in [0.5, 0.6) is 0 Å². The Morgan fingerprint density at radius 1 is 1.33 bits per heavy atom. The molecule has 5 N–H and O–H groups in total. The number of nitrogens with zero attached hydrogens (tertiary/aromatic N) is 1. The van der Waals surface area contributed by atoms with Crippen molar-refractivity contribution in [3.63, 3.8) is 0 Å². The second-order valence-electron chi connectivity index (χ2n) is 3.89. The monoisotopic (exact) mass is 217 g/mol. The van der Waals surface area contributed by atoms with Gasteiger partial charge >= 0.3 is 6.03 Å². The Morgan fingerprint density at radius 3 is 2.47 bits per heavy atom. The normalized spacial score (nSPS) is 26.8. The molecular formula is C9H19N3O3. The van der Waals surface area contributed by atoms with E-state index in [9.17, 15) is 15.0 Å². The maximum Gasteiger partial charge on any atom is 0.312 e. The highest BCUT2D eigenvalue weighted by Crippen LogP contribution is 2.10. The summed E-state index contributed by atoms with van der Waals surface area (Å²) in [7, 11) is 0. The SMILES string of the molecule is NC(=O)NCCCCN1CC(O)C(O)C1. The first-order chi connectivity index (χ1) is 7.09. The zero-order valence-corrected chi connectivity index (χ0v) is 8.72. The number of carbonyl (C=O) groups is 1. The molecule has 0 aliphatic carbocycles. The quantitative estimate of drug-likeness (QED) is 0.420. The predicted molar refractivity (Wildman–Crippen MR) is 55.3 cm³/mol. The highest BCUT2D eigenvalue weighted by Gasteiger charge is 2.28. The Bertz CT molecular complexity index is 203. The largest absolute Gasteiger partial charge is 0.389 e. The number of carbonyl (C=O) groups excluding carboxylic acids is 1. The molecule has 2 atom stereocenters. The number of unbranched alkanes of at least 4 members (excludes halogenated alkanes) is 1.